The topological polar surface area (TPSA) is 99.4 Å². The number of ether oxygens (including phenoxy) is 2. The molecule has 2 bridgehead atoms. The molecule has 1 unspecified atom stereocenters. The SMILES string of the molecule is C[C@@H](CC[C@H](O)c1ccc(O)c(CO)c1)c1ccc(COCC[N+]23CCC(CC2)[C@@H](OCC(O)(c2ccccc2)C2CCCC2)C3)cc1. The molecule has 3 heterocycles. The third-order valence-corrected chi connectivity index (χ3v) is 11.9. The normalized spacial score (nSPS) is 25.2. The molecular weight excluding hydrogens is 602 g/mol. The van der Waals surface area contributed by atoms with Crippen LogP contribution in [0.5, 0.6) is 5.75 Å². The van der Waals surface area contributed by atoms with Crippen LogP contribution in [0.25, 0.3) is 0 Å². The minimum Gasteiger partial charge on any atom is -0.508 e. The van der Waals surface area contributed by atoms with E-state index in [-0.39, 0.29) is 24.4 Å². The fraction of sp³-hybridized carbons (Fsp3) is 0.561. The number of fused-ring (bicyclic) bond motifs is 3. The van der Waals surface area contributed by atoms with E-state index in [9.17, 15) is 20.4 Å². The van der Waals surface area contributed by atoms with Crippen LogP contribution in [0.1, 0.15) is 98.1 Å². The van der Waals surface area contributed by atoms with Crippen molar-refractivity contribution in [2.75, 3.05) is 39.4 Å². The maximum absolute atomic E-state index is 12.0. The molecule has 48 heavy (non-hydrogen) atoms. The second-order valence-corrected chi connectivity index (χ2v) is 15.0. The van der Waals surface area contributed by atoms with Gasteiger partial charge in [-0.1, -0.05) is 80.4 Å². The molecule has 0 spiro atoms. The van der Waals surface area contributed by atoms with Crippen LogP contribution in [0.15, 0.2) is 72.8 Å². The van der Waals surface area contributed by atoms with Crippen molar-refractivity contribution in [2.24, 2.45) is 11.8 Å². The predicted octanol–water partition coefficient (Wildman–Crippen LogP) is 6.72. The lowest BCUT2D eigenvalue weighted by Crippen LogP contribution is -2.65. The number of aliphatic hydroxyl groups is 3. The number of hydrogen-bond acceptors (Lipinski definition) is 6. The van der Waals surface area contributed by atoms with Gasteiger partial charge >= 0.3 is 0 Å². The van der Waals surface area contributed by atoms with Crippen molar-refractivity contribution in [1.29, 1.82) is 0 Å². The Hall–Kier alpha value is -2.78. The summed E-state index contributed by atoms with van der Waals surface area (Å²) in [5.41, 5.74) is 3.64. The molecule has 1 aliphatic carbocycles. The zero-order chi connectivity index (χ0) is 33.6. The highest BCUT2D eigenvalue weighted by Crippen LogP contribution is 2.42. The summed E-state index contributed by atoms with van der Waals surface area (Å²) >= 11 is 0. The van der Waals surface area contributed by atoms with E-state index in [4.69, 9.17) is 9.47 Å². The van der Waals surface area contributed by atoms with Crippen LogP contribution in [0, 0.1) is 11.8 Å². The highest BCUT2D eigenvalue weighted by molar-refractivity contribution is 5.36. The lowest BCUT2D eigenvalue weighted by molar-refractivity contribution is -0.946. The van der Waals surface area contributed by atoms with Gasteiger partial charge in [0.05, 0.1) is 45.6 Å². The largest absolute Gasteiger partial charge is 0.508 e. The van der Waals surface area contributed by atoms with Crippen molar-refractivity contribution in [3.05, 3.63) is 101 Å². The molecular formula is C41H56NO6+. The van der Waals surface area contributed by atoms with E-state index in [1.165, 1.54) is 50.4 Å². The standard InChI is InChI=1S/C41H55NO6/c1-30(11-17-38(44)34-16-18-39(45)35(25-34)27-43)32-14-12-31(13-15-32)28-47-24-23-42-21-19-33(20-22-42)40(26-42)48-29-41(46,37-9-5-6-10-37)36-7-3-2-4-8-36/h2-4,7-8,12-16,18,25,30,33,37-38,40,43-44,46H,5-6,9-11,17,19-24,26-29H2,1H3/p+1/t30-,33?,38-,40-,41?,42?/m0/s1. The van der Waals surface area contributed by atoms with E-state index in [0.717, 1.165) is 54.6 Å². The molecule has 1 saturated carbocycles. The van der Waals surface area contributed by atoms with Crippen LogP contribution in [-0.2, 0) is 28.3 Å². The molecule has 4 N–H and O–H groups in total. The number of benzene rings is 3. The summed E-state index contributed by atoms with van der Waals surface area (Å²) in [6.07, 6.45) is 7.88. The molecule has 4 fully saturated rings. The maximum atomic E-state index is 12.0. The second-order valence-electron chi connectivity index (χ2n) is 15.0. The van der Waals surface area contributed by atoms with Gasteiger partial charge in [0.25, 0.3) is 0 Å². The Morgan fingerprint density at radius 2 is 1.60 bits per heavy atom. The molecule has 3 aromatic rings. The van der Waals surface area contributed by atoms with Crippen LogP contribution in [-0.4, -0.2) is 70.4 Å². The number of piperidine rings is 3. The highest BCUT2D eigenvalue weighted by Gasteiger charge is 2.48. The first-order chi connectivity index (χ1) is 23.3. The van der Waals surface area contributed by atoms with Gasteiger partial charge in [0.2, 0.25) is 0 Å². The zero-order valence-electron chi connectivity index (χ0n) is 28.7. The van der Waals surface area contributed by atoms with Crippen molar-refractivity contribution in [3.8, 4) is 5.75 Å². The maximum Gasteiger partial charge on any atom is 0.121 e. The number of rotatable bonds is 16. The first-order valence-electron chi connectivity index (χ1n) is 18.3. The van der Waals surface area contributed by atoms with Gasteiger partial charge in [-0.25, -0.2) is 0 Å². The number of hydrogen-bond donors (Lipinski definition) is 4. The van der Waals surface area contributed by atoms with E-state index >= 15 is 0 Å². The zero-order valence-corrected chi connectivity index (χ0v) is 28.7. The van der Waals surface area contributed by atoms with Gasteiger partial charge in [-0.3, -0.25) is 0 Å². The fourth-order valence-corrected chi connectivity index (χ4v) is 8.60. The van der Waals surface area contributed by atoms with Gasteiger partial charge in [-0.15, -0.1) is 0 Å². The van der Waals surface area contributed by atoms with Crippen LogP contribution in [0.3, 0.4) is 0 Å². The summed E-state index contributed by atoms with van der Waals surface area (Å²) in [6.45, 7) is 8.02. The summed E-state index contributed by atoms with van der Waals surface area (Å²) in [7, 11) is 0. The summed E-state index contributed by atoms with van der Waals surface area (Å²) in [5, 5.41) is 41.9. The number of aliphatic hydroxyl groups excluding tert-OH is 2. The lowest BCUT2D eigenvalue weighted by Gasteiger charge is -2.52. The predicted molar refractivity (Wildman–Crippen MR) is 187 cm³/mol. The monoisotopic (exact) mass is 658 g/mol. The Morgan fingerprint density at radius 3 is 2.31 bits per heavy atom. The Labute approximate surface area is 286 Å². The van der Waals surface area contributed by atoms with Crippen molar-refractivity contribution >= 4 is 0 Å². The molecule has 7 heteroatoms. The Kier molecular flexibility index (Phi) is 11.6. The summed E-state index contributed by atoms with van der Waals surface area (Å²) < 4.78 is 14.0. The minimum atomic E-state index is -0.911. The number of aromatic hydroxyl groups is 1. The average molecular weight is 659 g/mol. The number of nitrogens with zero attached hydrogens (tertiary/aromatic N) is 1. The fourth-order valence-electron chi connectivity index (χ4n) is 8.60. The van der Waals surface area contributed by atoms with E-state index in [1.54, 1.807) is 12.1 Å². The molecule has 7 rings (SSSR count). The van der Waals surface area contributed by atoms with Crippen molar-refractivity contribution in [3.63, 3.8) is 0 Å². The molecule has 3 aromatic carbocycles. The molecule has 260 valence electrons. The van der Waals surface area contributed by atoms with Crippen LogP contribution >= 0.6 is 0 Å². The average Bonchev–Trinajstić information content (AvgIpc) is 3.69. The first-order valence-corrected chi connectivity index (χ1v) is 18.3. The molecule has 0 radical (unpaired) electrons. The second kappa shape index (κ2) is 15.8. The summed E-state index contributed by atoms with van der Waals surface area (Å²) in [6, 6.07) is 23.8. The minimum absolute atomic E-state index is 0.0488. The van der Waals surface area contributed by atoms with Crippen LogP contribution < -0.4 is 0 Å². The van der Waals surface area contributed by atoms with E-state index in [0.29, 0.717) is 42.6 Å². The molecule has 4 aliphatic rings. The Morgan fingerprint density at radius 1 is 0.896 bits per heavy atom. The van der Waals surface area contributed by atoms with Crippen molar-refractivity contribution in [2.45, 2.75) is 95.2 Å². The first kappa shape index (κ1) is 35.1. The van der Waals surface area contributed by atoms with Gasteiger partial charge in [-0.05, 0) is 71.9 Å². The van der Waals surface area contributed by atoms with Crippen LogP contribution in [0.4, 0.5) is 0 Å². The van der Waals surface area contributed by atoms with Gasteiger partial charge in [0.1, 0.15) is 30.5 Å². The molecule has 3 aliphatic heterocycles. The third-order valence-electron chi connectivity index (χ3n) is 11.9. The quantitative estimate of drug-likeness (QED) is 0.101. The Balaban J connectivity index is 0.951. The molecule has 4 atom stereocenters. The number of quaternary nitrogens is 1. The van der Waals surface area contributed by atoms with Crippen LogP contribution in [0.2, 0.25) is 0 Å². The molecule has 3 saturated heterocycles. The molecule has 7 nitrogen and oxygen atoms in total. The van der Waals surface area contributed by atoms with Crippen molar-refractivity contribution in [1.82, 2.24) is 0 Å². The van der Waals surface area contributed by atoms with Gasteiger partial charge in [0.15, 0.2) is 0 Å². The van der Waals surface area contributed by atoms with Crippen molar-refractivity contribution < 1.29 is 34.4 Å². The lowest BCUT2D eigenvalue weighted by atomic mass is 9.80. The molecule has 0 aromatic heterocycles. The number of phenols is 1. The Bertz CT molecular complexity index is 1430. The smallest absolute Gasteiger partial charge is 0.121 e. The van der Waals surface area contributed by atoms with E-state index in [2.05, 4.69) is 43.3 Å². The highest BCUT2D eigenvalue weighted by atomic mass is 16.5. The van der Waals surface area contributed by atoms with E-state index < -0.39 is 11.7 Å². The molecule has 0 amide bonds. The van der Waals surface area contributed by atoms with Gasteiger partial charge < -0.3 is 34.4 Å². The van der Waals surface area contributed by atoms with Gasteiger partial charge in [0, 0.05) is 24.3 Å². The van der Waals surface area contributed by atoms with Gasteiger partial charge in [-0.2, -0.15) is 0 Å². The summed E-state index contributed by atoms with van der Waals surface area (Å²) in [4.78, 5) is 0. The third kappa shape index (κ3) is 8.15. The summed E-state index contributed by atoms with van der Waals surface area (Å²) in [5.74, 6) is 1.19. The van der Waals surface area contributed by atoms with E-state index in [1.807, 2.05) is 18.2 Å².